The number of carbonyl (C=O) groups excluding carboxylic acids is 3. The van der Waals surface area contributed by atoms with Crippen LogP contribution in [-0.2, 0) is 33.8 Å². The Labute approximate surface area is 219 Å². The molecular formula is C28H23Cl2N3O3. The summed E-state index contributed by atoms with van der Waals surface area (Å²) < 4.78 is 0. The Kier molecular flexibility index (Phi) is 6.56. The first-order chi connectivity index (χ1) is 17.3. The second-order valence-electron chi connectivity index (χ2n) is 8.85. The van der Waals surface area contributed by atoms with Crippen LogP contribution in [0.3, 0.4) is 0 Å². The molecule has 0 aliphatic carbocycles. The predicted molar refractivity (Wildman–Crippen MR) is 141 cm³/mol. The van der Waals surface area contributed by atoms with Crippen molar-refractivity contribution in [2.75, 3.05) is 16.8 Å². The van der Waals surface area contributed by atoms with Gasteiger partial charge in [0.2, 0.25) is 5.91 Å². The first-order valence-corrected chi connectivity index (χ1v) is 12.3. The van der Waals surface area contributed by atoms with Gasteiger partial charge in [-0.15, -0.1) is 0 Å². The van der Waals surface area contributed by atoms with E-state index in [1.165, 1.54) is 11.1 Å². The number of imide groups is 1. The minimum Gasteiger partial charge on any atom is -0.350 e. The second-order valence-corrected chi connectivity index (χ2v) is 9.64. The zero-order chi connectivity index (χ0) is 25.4. The van der Waals surface area contributed by atoms with Gasteiger partial charge < -0.3 is 10.2 Å². The van der Waals surface area contributed by atoms with E-state index in [0.717, 1.165) is 16.9 Å². The highest BCUT2D eigenvalue weighted by atomic mass is 35.5. The van der Waals surface area contributed by atoms with Gasteiger partial charge in [-0.05, 0) is 59.9 Å². The van der Waals surface area contributed by atoms with Crippen LogP contribution in [0, 0.1) is 6.92 Å². The van der Waals surface area contributed by atoms with Crippen molar-refractivity contribution in [1.29, 1.82) is 0 Å². The molecule has 182 valence electrons. The Balaban J connectivity index is 1.26. The highest BCUT2D eigenvalue weighted by Crippen LogP contribution is 2.34. The van der Waals surface area contributed by atoms with E-state index in [-0.39, 0.29) is 23.1 Å². The Morgan fingerprint density at radius 1 is 0.917 bits per heavy atom. The van der Waals surface area contributed by atoms with Crippen molar-refractivity contribution in [1.82, 2.24) is 4.90 Å². The number of anilines is 2. The number of rotatable bonds is 5. The zero-order valence-electron chi connectivity index (χ0n) is 19.6. The number of hydrogen-bond donors (Lipinski definition) is 1. The minimum atomic E-state index is -0.611. The Hall–Kier alpha value is -3.61. The summed E-state index contributed by atoms with van der Waals surface area (Å²) in [5, 5.41) is 3.22. The monoisotopic (exact) mass is 519 g/mol. The molecule has 3 aromatic carbocycles. The van der Waals surface area contributed by atoms with Gasteiger partial charge in [-0.2, -0.15) is 0 Å². The van der Waals surface area contributed by atoms with Gasteiger partial charge in [0.15, 0.2) is 0 Å². The quantitative estimate of drug-likeness (QED) is 0.469. The average Bonchev–Trinajstić information content (AvgIpc) is 3.09. The van der Waals surface area contributed by atoms with Gasteiger partial charge in [0, 0.05) is 23.8 Å². The first-order valence-electron chi connectivity index (χ1n) is 11.6. The van der Waals surface area contributed by atoms with Crippen LogP contribution in [0.15, 0.2) is 77.5 Å². The Morgan fingerprint density at radius 2 is 1.64 bits per heavy atom. The lowest BCUT2D eigenvalue weighted by Crippen LogP contribution is -2.36. The number of nitrogens with one attached hydrogen (secondary N) is 1. The van der Waals surface area contributed by atoms with Crippen LogP contribution in [0.2, 0.25) is 5.02 Å². The molecule has 0 saturated heterocycles. The topological polar surface area (TPSA) is 69.7 Å². The van der Waals surface area contributed by atoms with Crippen LogP contribution in [0.1, 0.15) is 22.3 Å². The molecule has 0 atom stereocenters. The van der Waals surface area contributed by atoms with E-state index in [1.54, 1.807) is 37.3 Å². The summed E-state index contributed by atoms with van der Waals surface area (Å²) in [7, 11) is 0. The summed E-state index contributed by atoms with van der Waals surface area (Å²) in [6.07, 6.45) is 1.14. The normalized spacial score (nSPS) is 15.4. The molecule has 6 nitrogen and oxygen atoms in total. The summed E-state index contributed by atoms with van der Waals surface area (Å²) in [6.45, 7) is 3.07. The van der Waals surface area contributed by atoms with Crippen LogP contribution < -0.4 is 10.2 Å². The standard InChI is InChI=1S/C28H23Cl2N3O3/c1-17-22(29)7-4-8-23(17)33-27(35)25(30)26(28(33)36)31-21-11-9-18(10-12-21)15-24(34)32-14-13-19-5-2-3-6-20(19)16-32/h2-12,31H,13-16H2,1H3. The van der Waals surface area contributed by atoms with Crippen molar-refractivity contribution in [3.05, 3.63) is 105 Å². The average molecular weight is 520 g/mol. The molecule has 2 heterocycles. The maximum Gasteiger partial charge on any atom is 0.283 e. The van der Waals surface area contributed by atoms with Crippen molar-refractivity contribution in [2.45, 2.75) is 26.3 Å². The lowest BCUT2D eigenvalue weighted by Gasteiger charge is -2.29. The molecule has 0 fully saturated rings. The molecular weight excluding hydrogens is 497 g/mol. The lowest BCUT2D eigenvalue weighted by atomic mass is 9.99. The first kappa shape index (κ1) is 24.1. The number of amides is 3. The molecule has 0 unspecified atom stereocenters. The van der Waals surface area contributed by atoms with Crippen molar-refractivity contribution < 1.29 is 14.4 Å². The molecule has 3 amide bonds. The Morgan fingerprint density at radius 3 is 2.39 bits per heavy atom. The fourth-order valence-corrected chi connectivity index (χ4v) is 4.90. The molecule has 0 saturated carbocycles. The predicted octanol–water partition coefficient (Wildman–Crippen LogP) is 5.21. The molecule has 36 heavy (non-hydrogen) atoms. The molecule has 8 heteroatoms. The summed E-state index contributed by atoms with van der Waals surface area (Å²) in [5.41, 5.74) is 4.93. The molecule has 2 aliphatic rings. The van der Waals surface area contributed by atoms with Gasteiger partial charge in [-0.3, -0.25) is 14.4 Å². The summed E-state index contributed by atoms with van der Waals surface area (Å²) in [4.78, 5) is 41.6. The van der Waals surface area contributed by atoms with E-state index in [4.69, 9.17) is 23.2 Å². The largest absolute Gasteiger partial charge is 0.350 e. The van der Waals surface area contributed by atoms with Gasteiger partial charge in [0.25, 0.3) is 11.8 Å². The fraction of sp³-hybridized carbons (Fsp3) is 0.179. The van der Waals surface area contributed by atoms with Crippen LogP contribution >= 0.6 is 23.2 Å². The molecule has 2 aliphatic heterocycles. The van der Waals surface area contributed by atoms with E-state index in [9.17, 15) is 14.4 Å². The zero-order valence-corrected chi connectivity index (χ0v) is 21.1. The fourth-order valence-electron chi connectivity index (χ4n) is 4.51. The summed E-state index contributed by atoms with van der Waals surface area (Å²) >= 11 is 12.4. The van der Waals surface area contributed by atoms with E-state index in [0.29, 0.717) is 35.1 Å². The van der Waals surface area contributed by atoms with Crippen molar-refractivity contribution in [2.24, 2.45) is 0 Å². The highest BCUT2D eigenvalue weighted by molar-refractivity contribution is 6.53. The maximum atomic E-state index is 13.1. The van der Waals surface area contributed by atoms with Gasteiger partial charge in [-0.25, -0.2) is 4.90 Å². The third-order valence-corrected chi connectivity index (χ3v) is 7.33. The number of halogens is 2. The molecule has 1 N–H and O–H groups in total. The summed E-state index contributed by atoms with van der Waals surface area (Å²) in [5.74, 6) is -1.10. The van der Waals surface area contributed by atoms with E-state index >= 15 is 0 Å². The molecule has 0 spiro atoms. The third kappa shape index (κ3) is 4.50. The molecule has 5 rings (SSSR count). The van der Waals surface area contributed by atoms with E-state index in [2.05, 4.69) is 17.4 Å². The van der Waals surface area contributed by atoms with Crippen molar-refractivity contribution in [3.8, 4) is 0 Å². The lowest BCUT2D eigenvalue weighted by molar-refractivity contribution is -0.131. The summed E-state index contributed by atoms with van der Waals surface area (Å²) in [6, 6.07) is 20.4. The van der Waals surface area contributed by atoms with Gasteiger partial charge >= 0.3 is 0 Å². The number of hydrogen-bond acceptors (Lipinski definition) is 4. The number of nitrogens with zero attached hydrogens (tertiary/aromatic N) is 2. The smallest absolute Gasteiger partial charge is 0.283 e. The van der Waals surface area contributed by atoms with Crippen LogP contribution in [-0.4, -0.2) is 29.2 Å². The van der Waals surface area contributed by atoms with Crippen LogP contribution in [0.25, 0.3) is 0 Å². The third-order valence-electron chi connectivity index (χ3n) is 6.57. The SMILES string of the molecule is Cc1c(Cl)cccc1N1C(=O)C(Cl)=C(Nc2ccc(CC(=O)N3CCc4ccccc4C3)cc2)C1=O. The molecule has 0 radical (unpaired) electrons. The Bertz CT molecular complexity index is 1420. The van der Waals surface area contributed by atoms with E-state index < -0.39 is 11.8 Å². The second kappa shape index (κ2) is 9.80. The van der Waals surface area contributed by atoms with E-state index in [1.807, 2.05) is 29.2 Å². The van der Waals surface area contributed by atoms with Gasteiger partial charge in [0.05, 0.1) is 12.1 Å². The van der Waals surface area contributed by atoms with Gasteiger partial charge in [-0.1, -0.05) is 65.7 Å². The minimum absolute atomic E-state index is 0.00292. The van der Waals surface area contributed by atoms with Crippen LogP contribution in [0.4, 0.5) is 11.4 Å². The molecule has 0 bridgehead atoms. The number of carbonyl (C=O) groups is 3. The number of benzene rings is 3. The van der Waals surface area contributed by atoms with Crippen LogP contribution in [0.5, 0.6) is 0 Å². The number of fused-ring (bicyclic) bond motifs is 1. The highest BCUT2D eigenvalue weighted by Gasteiger charge is 2.39. The molecule has 0 aromatic heterocycles. The maximum absolute atomic E-state index is 13.1. The van der Waals surface area contributed by atoms with Crippen molar-refractivity contribution in [3.63, 3.8) is 0 Å². The molecule has 3 aromatic rings. The van der Waals surface area contributed by atoms with Gasteiger partial charge in [0.1, 0.15) is 10.7 Å². The van der Waals surface area contributed by atoms with Crippen molar-refractivity contribution >= 4 is 52.3 Å².